The Hall–Kier alpha value is -0.610. The van der Waals surface area contributed by atoms with Gasteiger partial charge in [-0.1, -0.05) is 13.8 Å². The van der Waals surface area contributed by atoms with Gasteiger partial charge in [-0.2, -0.15) is 0 Å². The SMILES string of the molecule is CCOCC1CCN(C(=O)[C@@H](N)C(C)C)C1. The third kappa shape index (κ3) is 3.46. The van der Waals surface area contributed by atoms with E-state index in [4.69, 9.17) is 10.5 Å². The Kier molecular flexibility index (Phi) is 5.22. The van der Waals surface area contributed by atoms with Crippen LogP contribution in [0.5, 0.6) is 0 Å². The fourth-order valence-corrected chi connectivity index (χ4v) is 1.95. The van der Waals surface area contributed by atoms with Gasteiger partial charge in [0.2, 0.25) is 5.91 Å². The third-order valence-electron chi connectivity index (χ3n) is 3.16. The van der Waals surface area contributed by atoms with Crippen LogP contribution in [-0.2, 0) is 9.53 Å². The van der Waals surface area contributed by atoms with E-state index in [1.165, 1.54) is 0 Å². The zero-order valence-corrected chi connectivity index (χ0v) is 10.6. The number of hydrogen-bond donors (Lipinski definition) is 1. The molecule has 0 aromatic carbocycles. The van der Waals surface area contributed by atoms with E-state index in [0.717, 1.165) is 32.7 Å². The van der Waals surface area contributed by atoms with Crippen molar-refractivity contribution in [3.05, 3.63) is 0 Å². The predicted octanol–water partition coefficient (Wildman–Crippen LogP) is 0.855. The van der Waals surface area contributed by atoms with Crippen molar-refractivity contribution in [2.75, 3.05) is 26.3 Å². The lowest BCUT2D eigenvalue weighted by atomic mass is 10.0. The molecule has 4 heteroatoms. The molecule has 1 aliphatic rings. The second-order valence-corrected chi connectivity index (χ2v) is 4.87. The second-order valence-electron chi connectivity index (χ2n) is 4.87. The maximum absolute atomic E-state index is 12.0. The molecular formula is C12H24N2O2. The van der Waals surface area contributed by atoms with E-state index in [0.29, 0.717) is 5.92 Å². The van der Waals surface area contributed by atoms with Gasteiger partial charge in [-0.25, -0.2) is 0 Å². The molecule has 1 amide bonds. The van der Waals surface area contributed by atoms with Crippen LogP contribution in [0.2, 0.25) is 0 Å². The van der Waals surface area contributed by atoms with Crippen LogP contribution in [0.25, 0.3) is 0 Å². The predicted molar refractivity (Wildman–Crippen MR) is 64.0 cm³/mol. The summed E-state index contributed by atoms with van der Waals surface area (Å²) >= 11 is 0. The summed E-state index contributed by atoms with van der Waals surface area (Å²) in [4.78, 5) is 13.8. The number of amides is 1. The summed E-state index contributed by atoms with van der Waals surface area (Å²) in [6.45, 7) is 9.10. The van der Waals surface area contributed by atoms with Gasteiger partial charge in [-0.3, -0.25) is 4.79 Å². The van der Waals surface area contributed by atoms with E-state index in [1.807, 2.05) is 25.7 Å². The topological polar surface area (TPSA) is 55.6 Å². The first-order valence-corrected chi connectivity index (χ1v) is 6.18. The van der Waals surface area contributed by atoms with Gasteiger partial charge < -0.3 is 15.4 Å². The van der Waals surface area contributed by atoms with Crippen LogP contribution < -0.4 is 5.73 Å². The van der Waals surface area contributed by atoms with Crippen molar-refractivity contribution in [3.63, 3.8) is 0 Å². The molecule has 1 rings (SSSR count). The molecule has 1 unspecified atom stereocenters. The van der Waals surface area contributed by atoms with Crippen molar-refractivity contribution >= 4 is 5.91 Å². The Morgan fingerprint density at radius 2 is 2.25 bits per heavy atom. The number of carbonyl (C=O) groups is 1. The summed E-state index contributed by atoms with van der Waals surface area (Å²) in [6.07, 6.45) is 1.04. The lowest BCUT2D eigenvalue weighted by Crippen LogP contribution is -2.45. The lowest BCUT2D eigenvalue weighted by molar-refractivity contribution is -0.132. The molecule has 16 heavy (non-hydrogen) atoms. The van der Waals surface area contributed by atoms with E-state index in [2.05, 4.69) is 0 Å². The van der Waals surface area contributed by atoms with Gasteiger partial charge in [-0.05, 0) is 19.3 Å². The van der Waals surface area contributed by atoms with Crippen molar-refractivity contribution in [1.82, 2.24) is 4.90 Å². The molecule has 1 aliphatic heterocycles. The molecule has 1 heterocycles. The Labute approximate surface area is 98.1 Å². The minimum Gasteiger partial charge on any atom is -0.381 e. The maximum atomic E-state index is 12.0. The van der Waals surface area contributed by atoms with E-state index in [9.17, 15) is 4.79 Å². The van der Waals surface area contributed by atoms with Crippen LogP contribution in [0.1, 0.15) is 27.2 Å². The van der Waals surface area contributed by atoms with Crippen molar-refractivity contribution < 1.29 is 9.53 Å². The smallest absolute Gasteiger partial charge is 0.239 e. The van der Waals surface area contributed by atoms with Gasteiger partial charge in [-0.15, -0.1) is 0 Å². The number of nitrogens with zero attached hydrogens (tertiary/aromatic N) is 1. The number of hydrogen-bond acceptors (Lipinski definition) is 3. The first kappa shape index (κ1) is 13.5. The quantitative estimate of drug-likeness (QED) is 0.759. The molecule has 2 atom stereocenters. The van der Waals surface area contributed by atoms with E-state index in [-0.39, 0.29) is 17.9 Å². The zero-order chi connectivity index (χ0) is 12.1. The first-order valence-electron chi connectivity index (χ1n) is 6.18. The van der Waals surface area contributed by atoms with E-state index in [1.54, 1.807) is 0 Å². The fourth-order valence-electron chi connectivity index (χ4n) is 1.95. The Morgan fingerprint density at radius 3 is 2.81 bits per heavy atom. The highest BCUT2D eigenvalue weighted by atomic mass is 16.5. The molecule has 0 saturated carbocycles. The molecule has 2 N–H and O–H groups in total. The van der Waals surface area contributed by atoms with Gasteiger partial charge in [0.25, 0.3) is 0 Å². The Morgan fingerprint density at radius 1 is 1.56 bits per heavy atom. The minimum atomic E-state index is -0.356. The van der Waals surface area contributed by atoms with Crippen LogP contribution in [0.4, 0.5) is 0 Å². The van der Waals surface area contributed by atoms with Crippen molar-refractivity contribution in [1.29, 1.82) is 0 Å². The standard InChI is InChI=1S/C12H24N2O2/c1-4-16-8-10-5-6-14(7-10)12(15)11(13)9(2)3/h9-11H,4-8,13H2,1-3H3/t10?,11-/m0/s1. The fraction of sp³-hybridized carbons (Fsp3) is 0.917. The van der Waals surface area contributed by atoms with Crippen LogP contribution in [0, 0.1) is 11.8 Å². The Bertz CT molecular complexity index is 231. The summed E-state index contributed by atoms with van der Waals surface area (Å²) in [5, 5.41) is 0. The number of carbonyl (C=O) groups excluding carboxylic acids is 1. The normalized spacial score (nSPS) is 22.8. The number of ether oxygens (including phenoxy) is 1. The van der Waals surface area contributed by atoms with E-state index < -0.39 is 0 Å². The summed E-state index contributed by atoms with van der Waals surface area (Å²) in [7, 11) is 0. The highest BCUT2D eigenvalue weighted by molar-refractivity contribution is 5.82. The van der Waals surface area contributed by atoms with Gasteiger partial charge >= 0.3 is 0 Å². The van der Waals surface area contributed by atoms with Gasteiger partial charge in [0.15, 0.2) is 0 Å². The summed E-state index contributed by atoms with van der Waals surface area (Å²) in [5.74, 6) is 0.788. The number of rotatable bonds is 5. The lowest BCUT2D eigenvalue weighted by Gasteiger charge is -2.23. The average molecular weight is 228 g/mol. The highest BCUT2D eigenvalue weighted by Gasteiger charge is 2.30. The second kappa shape index (κ2) is 6.21. The van der Waals surface area contributed by atoms with Crippen LogP contribution in [0.15, 0.2) is 0 Å². The van der Waals surface area contributed by atoms with Gasteiger partial charge in [0, 0.05) is 25.6 Å². The molecule has 0 radical (unpaired) electrons. The molecule has 0 spiro atoms. The molecule has 0 aromatic heterocycles. The molecule has 1 fully saturated rings. The zero-order valence-electron chi connectivity index (χ0n) is 10.6. The van der Waals surface area contributed by atoms with Crippen LogP contribution >= 0.6 is 0 Å². The van der Waals surface area contributed by atoms with E-state index >= 15 is 0 Å². The van der Waals surface area contributed by atoms with Crippen molar-refractivity contribution in [2.24, 2.45) is 17.6 Å². The monoisotopic (exact) mass is 228 g/mol. The summed E-state index contributed by atoms with van der Waals surface area (Å²) in [6, 6.07) is -0.356. The average Bonchev–Trinajstić information content (AvgIpc) is 2.72. The molecular weight excluding hydrogens is 204 g/mol. The van der Waals surface area contributed by atoms with Crippen LogP contribution in [0.3, 0.4) is 0 Å². The highest BCUT2D eigenvalue weighted by Crippen LogP contribution is 2.18. The molecule has 1 saturated heterocycles. The number of likely N-dealkylation sites (tertiary alicyclic amines) is 1. The van der Waals surface area contributed by atoms with Crippen molar-refractivity contribution in [3.8, 4) is 0 Å². The van der Waals surface area contributed by atoms with Gasteiger partial charge in [0.1, 0.15) is 0 Å². The third-order valence-corrected chi connectivity index (χ3v) is 3.16. The molecule has 0 aliphatic carbocycles. The Balaban J connectivity index is 2.37. The molecule has 4 nitrogen and oxygen atoms in total. The summed E-state index contributed by atoms with van der Waals surface area (Å²) < 4.78 is 5.38. The maximum Gasteiger partial charge on any atom is 0.239 e. The minimum absolute atomic E-state index is 0.0917. The van der Waals surface area contributed by atoms with Crippen molar-refractivity contribution in [2.45, 2.75) is 33.2 Å². The van der Waals surface area contributed by atoms with Crippen LogP contribution in [-0.4, -0.2) is 43.2 Å². The largest absolute Gasteiger partial charge is 0.381 e. The molecule has 0 aromatic rings. The number of nitrogens with two attached hydrogens (primary N) is 1. The van der Waals surface area contributed by atoms with Gasteiger partial charge in [0.05, 0.1) is 12.6 Å². The first-order chi connectivity index (χ1) is 7.56. The molecule has 94 valence electrons. The molecule has 0 bridgehead atoms. The summed E-state index contributed by atoms with van der Waals surface area (Å²) in [5.41, 5.74) is 5.86.